The Bertz CT molecular complexity index is 566. The van der Waals surface area contributed by atoms with E-state index in [1.807, 2.05) is 6.07 Å². The van der Waals surface area contributed by atoms with E-state index in [1.54, 1.807) is 6.92 Å². The number of rotatable bonds is 8. The normalized spacial score (nSPS) is 22.8. The number of amides is 1. The van der Waals surface area contributed by atoms with E-state index in [2.05, 4.69) is 29.6 Å². The van der Waals surface area contributed by atoms with Gasteiger partial charge in [0.25, 0.3) is 0 Å². The number of nitrogens with one attached hydrogen (secondary N) is 1. The van der Waals surface area contributed by atoms with Crippen LogP contribution in [0, 0.1) is 5.92 Å². The first-order chi connectivity index (χ1) is 11.9. The molecule has 1 atom stereocenters. The first-order valence-corrected chi connectivity index (χ1v) is 8.98. The van der Waals surface area contributed by atoms with Crippen molar-refractivity contribution < 1.29 is 19.4 Å². The van der Waals surface area contributed by atoms with Crippen molar-refractivity contribution in [3.63, 3.8) is 0 Å². The van der Waals surface area contributed by atoms with Crippen molar-refractivity contribution in [1.29, 1.82) is 0 Å². The van der Waals surface area contributed by atoms with Crippen molar-refractivity contribution in [2.45, 2.75) is 56.9 Å². The zero-order valence-electron chi connectivity index (χ0n) is 15.2. The highest BCUT2D eigenvalue weighted by Gasteiger charge is 2.31. The summed E-state index contributed by atoms with van der Waals surface area (Å²) >= 11 is 0. The summed E-state index contributed by atoms with van der Waals surface area (Å²) < 4.78 is 5.08. The minimum Gasteiger partial charge on any atom is -0.481 e. The Morgan fingerprint density at radius 3 is 2.40 bits per heavy atom. The maximum Gasteiger partial charge on any atom is 0.305 e. The summed E-state index contributed by atoms with van der Waals surface area (Å²) in [6.45, 7) is 1.90. The van der Waals surface area contributed by atoms with Crippen LogP contribution in [0.3, 0.4) is 0 Å². The Balaban J connectivity index is 1.82. The molecule has 0 aliphatic heterocycles. The van der Waals surface area contributed by atoms with E-state index in [0.29, 0.717) is 18.3 Å². The maximum atomic E-state index is 12.4. The Kier molecular flexibility index (Phi) is 7.00. The third-order valence-corrected chi connectivity index (χ3v) is 5.04. The van der Waals surface area contributed by atoms with Crippen LogP contribution in [0.15, 0.2) is 30.3 Å². The molecule has 5 heteroatoms. The molecule has 2 rings (SSSR count). The molecule has 1 amide bonds. The lowest BCUT2D eigenvalue weighted by Crippen LogP contribution is -2.51. The van der Waals surface area contributed by atoms with Crippen molar-refractivity contribution in [2.75, 3.05) is 13.7 Å². The highest BCUT2D eigenvalue weighted by Crippen LogP contribution is 2.36. The number of carbonyl (C=O) groups is 2. The van der Waals surface area contributed by atoms with Crippen LogP contribution < -0.4 is 5.32 Å². The minimum absolute atomic E-state index is 0.0797. The lowest BCUT2D eigenvalue weighted by molar-refractivity contribution is -0.139. The highest BCUT2D eigenvalue weighted by molar-refractivity contribution is 5.78. The van der Waals surface area contributed by atoms with Gasteiger partial charge < -0.3 is 15.2 Å². The number of ether oxygens (including phenoxy) is 1. The zero-order valence-corrected chi connectivity index (χ0v) is 15.2. The number of hydrogen-bond acceptors (Lipinski definition) is 3. The number of aliphatic carboxylic acids is 1. The second-order valence-corrected chi connectivity index (χ2v) is 7.44. The summed E-state index contributed by atoms with van der Waals surface area (Å²) in [6, 6.07) is 10.6. The first kappa shape index (κ1) is 19.4. The highest BCUT2D eigenvalue weighted by atomic mass is 16.5. The Morgan fingerprint density at radius 1 is 1.20 bits per heavy atom. The molecule has 1 fully saturated rings. The molecular formula is C20H29NO4. The molecule has 0 aromatic heterocycles. The fourth-order valence-electron chi connectivity index (χ4n) is 3.86. The molecule has 1 aromatic carbocycles. The smallest absolute Gasteiger partial charge is 0.305 e. The second kappa shape index (κ2) is 8.99. The van der Waals surface area contributed by atoms with Gasteiger partial charge in [-0.15, -0.1) is 0 Å². The van der Waals surface area contributed by atoms with E-state index in [1.165, 1.54) is 12.7 Å². The first-order valence-electron chi connectivity index (χ1n) is 8.98. The van der Waals surface area contributed by atoms with Gasteiger partial charge in [0.15, 0.2) is 0 Å². The van der Waals surface area contributed by atoms with Gasteiger partial charge in [-0.1, -0.05) is 30.3 Å². The van der Waals surface area contributed by atoms with Gasteiger partial charge in [-0.2, -0.15) is 0 Å². The number of carbonyl (C=O) groups excluding carboxylic acids is 1. The predicted molar refractivity (Wildman–Crippen MR) is 96.4 cm³/mol. The average molecular weight is 347 g/mol. The van der Waals surface area contributed by atoms with E-state index in [0.717, 1.165) is 25.7 Å². The van der Waals surface area contributed by atoms with Crippen molar-refractivity contribution in [3.05, 3.63) is 35.9 Å². The van der Waals surface area contributed by atoms with Gasteiger partial charge >= 0.3 is 5.97 Å². The second-order valence-electron chi connectivity index (χ2n) is 7.44. The quantitative estimate of drug-likeness (QED) is 0.756. The fraction of sp³-hybridized carbons (Fsp3) is 0.600. The summed E-state index contributed by atoms with van der Waals surface area (Å²) in [5.74, 6) is -0.0601. The SMILES string of the molecule is COCC(C)(CC(=O)O)NC(=O)CC1CCC(c2ccccc2)CC1. The molecule has 0 spiro atoms. The van der Waals surface area contributed by atoms with Gasteiger partial charge in [-0.3, -0.25) is 9.59 Å². The predicted octanol–water partition coefficient (Wildman–Crippen LogP) is 3.35. The van der Waals surface area contributed by atoms with E-state index in [9.17, 15) is 9.59 Å². The van der Waals surface area contributed by atoms with Crippen molar-refractivity contribution in [1.82, 2.24) is 5.32 Å². The summed E-state index contributed by atoms with van der Waals surface area (Å²) in [5.41, 5.74) is 0.526. The Labute approximate surface area is 149 Å². The molecular weight excluding hydrogens is 318 g/mol. The van der Waals surface area contributed by atoms with E-state index in [4.69, 9.17) is 9.84 Å². The molecule has 5 nitrogen and oxygen atoms in total. The van der Waals surface area contributed by atoms with E-state index < -0.39 is 11.5 Å². The van der Waals surface area contributed by atoms with Crippen LogP contribution in [-0.2, 0) is 14.3 Å². The molecule has 0 saturated heterocycles. The summed E-state index contributed by atoms with van der Waals surface area (Å²) in [6.07, 6.45) is 4.59. The fourth-order valence-corrected chi connectivity index (χ4v) is 3.86. The molecule has 0 heterocycles. The number of carboxylic acids is 1. The molecule has 1 aliphatic rings. The van der Waals surface area contributed by atoms with Crippen LogP contribution in [0.5, 0.6) is 0 Å². The number of benzene rings is 1. The zero-order chi connectivity index (χ0) is 18.3. The molecule has 1 saturated carbocycles. The van der Waals surface area contributed by atoms with Gasteiger partial charge in [-0.25, -0.2) is 0 Å². The molecule has 0 bridgehead atoms. The maximum absolute atomic E-state index is 12.4. The van der Waals surface area contributed by atoms with Crippen molar-refractivity contribution in [3.8, 4) is 0 Å². The number of methoxy groups -OCH3 is 1. The van der Waals surface area contributed by atoms with Crippen LogP contribution >= 0.6 is 0 Å². The summed E-state index contributed by atoms with van der Waals surface area (Å²) in [4.78, 5) is 23.4. The Hall–Kier alpha value is -1.88. The molecule has 1 unspecified atom stereocenters. The van der Waals surface area contributed by atoms with Crippen LogP contribution in [-0.4, -0.2) is 36.2 Å². The monoisotopic (exact) mass is 347 g/mol. The van der Waals surface area contributed by atoms with Gasteiger partial charge in [0.05, 0.1) is 18.6 Å². The number of carboxylic acid groups (broad SMARTS) is 1. The topological polar surface area (TPSA) is 75.6 Å². The molecule has 0 radical (unpaired) electrons. The largest absolute Gasteiger partial charge is 0.481 e. The molecule has 2 N–H and O–H groups in total. The average Bonchev–Trinajstić information content (AvgIpc) is 2.55. The van der Waals surface area contributed by atoms with Gasteiger partial charge in [-0.05, 0) is 50.0 Å². The summed E-state index contributed by atoms with van der Waals surface area (Å²) in [7, 11) is 1.51. The molecule has 1 aliphatic carbocycles. The van der Waals surface area contributed by atoms with E-state index >= 15 is 0 Å². The van der Waals surface area contributed by atoms with Crippen LogP contribution in [0.1, 0.15) is 56.9 Å². The van der Waals surface area contributed by atoms with E-state index in [-0.39, 0.29) is 18.9 Å². The standard InChI is InChI=1S/C20H29NO4/c1-20(14-25-2,13-19(23)24)21-18(22)12-15-8-10-17(11-9-15)16-6-4-3-5-7-16/h3-7,15,17H,8-14H2,1-2H3,(H,21,22)(H,23,24). The molecule has 1 aromatic rings. The van der Waals surface area contributed by atoms with Crippen LogP contribution in [0.4, 0.5) is 0 Å². The van der Waals surface area contributed by atoms with Gasteiger partial charge in [0.1, 0.15) is 0 Å². The number of hydrogen-bond donors (Lipinski definition) is 2. The summed E-state index contributed by atoms with van der Waals surface area (Å²) in [5, 5.41) is 11.9. The van der Waals surface area contributed by atoms with Crippen molar-refractivity contribution in [2.24, 2.45) is 5.92 Å². The third kappa shape index (κ3) is 6.16. The lowest BCUT2D eigenvalue weighted by Gasteiger charge is -2.31. The molecule has 138 valence electrons. The molecule has 25 heavy (non-hydrogen) atoms. The van der Waals surface area contributed by atoms with Gasteiger partial charge in [0, 0.05) is 13.5 Å². The Morgan fingerprint density at radius 2 is 1.84 bits per heavy atom. The van der Waals surface area contributed by atoms with Crippen molar-refractivity contribution >= 4 is 11.9 Å². The van der Waals surface area contributed by atoms with Gasteiger partial charge in [0.2, 0.25) is 5.91 Å². The third-order valence-electron chi connectivity index (χ3n) is 5.04. The van der Waals surface area contributed by atoms with Crippen LogP contribution in [0.2, 0.25) is 0 Å². The van der Waals surface area contributed by atoms with Crippen LogP contribution in [0.25, 0.3) is 0 Å². The lowest BCUT2D eigenvalue weighted by atomic mass is 9.77. The minimum atomic E-state index is -0.941.